The van der Waals surface area contributed by atoms with E-state index in [4.69, 9.17) is 0 Å². The van der Waals surface area contributed by atoms with Gasteiger partial charge in [0.1, 0.15) is 0 Å². The maximum Gasteiger partial charge on any atom is 0.251 e. The van der Waals surface area contributed by atoms with Gasteiger partial charge in [0.2, 0.25) is 0 Å². The standard InChI is InChI=1S/C19H21N5/c1-4-24(16-11-6-5-7-12-16)19-22-17(13-20-23-19)21-18-14(2)9-8-10-15(18)3/h5-13H,4H2,1-3H3,(H,21,22,23). The number of nitrogens with zero attached hydrogens (tertiary/aromatic N) is 4. The van der Waals surface area contributed by atoms with Crippen LogP contribution in [0.5, 0.6) is 0 Å². The van der Waals surface area contributed by atoms with Crippen LogP contribution in [0.3, 0.4) is 0 Å². The van der Waals surface area contributed by atoms with Crippen molar-refractivity contribution < 1.29 is 0 Å². The lowest BCUT2D eigenvalue weighted by molar-refractivity contribution is 0.887. The first kappa shape index (κ1) is 15.9. The molecule has 0 radical (unpaired) electrons. The summed E-state index contributed by atoms with van der Waals surface area (Å²) in [4.78, 5) is 6.67. The Morgan fingerprint density at radius 2 is 1.67 bits per heavy atom. The quantitative estimate of drug-likeness (QED) is 0.756. The van der Waals surface area contributed by atoms with Crippen LogP contribution in [0, 0.1) is 13.8 Å². The summed E-state index contributed by atoms with van der Waals surface area (Å²) in [5.74, 6) is 1.27. The van der Waals surface area contributed by atoms with Gasteiger partial charge in [-0.2, -0.15) is 10.1 Å². The molecule has 0 saturated carbocycles. The fourth-order valence-corrected chi connectivity index (χ4v) is 2.66. The minimum Gasteiger partial charge on any atom is -0.338 e. The Bertz CT molecular complexity index is 797. The molecule has 0 aliphatic rings. The Balaban J connectivity index is 1.92. The first-order valence-corrected chi connectivity index (χ1v) is 8.04. The van der Waals surface area contributed by atoms with E-state index >= 15 is 0 Å². The van der Waals surface area contributed by atoms with E-state index < -0.39 is 0 Å². The zero-order valence-electron chi connectivity index (χ0n) is 14.2. The van der Waals surface area contributed by atoms with Gasteiger partial charge in [0.05, 0.1) is 6.20 Å². The number of para-hydroxylation sites is 2. The van der Waals surface area contributed by atoms with Gasteiger partial charge in [-0.15, -0.1) is 5.10 Å². The fourth-order valence-electron chi connectivity index (χ4n) is 2.66. The van der Waals surface area contributed by atoms with E-state index in [0.29, 0.717) is 11.8 Å². The second-order valence-corrected chi connectivity index (χ2v) is 5.61. The summed E-state index contributed by atoms with van der Waals surface area (Å²) >= 11 is 0. The predicted octanol–water partition coefficient (Wildman–Crippen LogP) is 4.39. The third-order valence-electron chi connectivity index (χ3n) is 3.91. The largest absolute Gasteiger partial charge is 0.338 e. The van der Waals surface area contributed by atoms with Gasteiger partial charge in [0, 0.05) is 17.9 Å². The average molecular weight is 319 g/mol. The van der Waals surface area contributed by atoms with E-state index in [0.717, 1.165) is 17.9 Å². The molecule has 1 heterocycles. The fraction of sp³-hybridized carbons (Fsp3) is 0.211. The molecule has 0 aliphatic carbocycles. The van der Waals surface area contributed by atoms with E-state index in [9.17, 15) is 0 Å². The highest BCUT2D eigenvalue weighted by Gasteiger charge is 2.12. The highest BCUT2D eigenvalue weighted by atomic mass is 15.3. The molecule has 3 aromatic rings. The maximum absolute atomic E-state index is 4.64. The molecular weight excluding hydrogens is 298 g/mol. The van der Waals surface area contributed by atoms with Gasteiger partial charge in [-0.1, -0.05) is 36.4 Å². The molecule has 0 amide bonds. The minimum absolute atomic E-state index is 0.583. The molecular formula is C19H21N5. The number of rotatable bonds is 5. The second-order valence-electron chi connectivity index (χ2n) is 5.61. The molecule has 0 spiro atoms. The predicted molar refractivity (Wildman–Crippen MR) is 98.1 cm³/mol. The van der Waals surface area contributed by atoms with Crippen LogP contribution in [0.25, 0.3) is 0 Å². The molecule has 0 bridgehead atoms. The lowest BCUT2D eigenvalue weighted by Crippen LogP contribution is -2.19. The summed E-state index contributed by atoms with van der Waals surface area (Å²) in [6, 6.07) is 16.3. The van der Waals surface area contributed by atoms with Gasteiger partial charge in [-0.3, -0.25) is 0 Å². The molecule has 122 valence electrons. The summed E-state index contributed by atoms with van der Waals surface area (Å²) < 4.78 is 0. The summed E-state index contributed by atoms with van der Waals surface area (Å²) in [6.07, 6.45) is 1.65. The number of anilines is 4. The van der Waals surface area contributed by atoms with E-state index in [2.05, 4.69) is 53.4 Å². The van der Waals surface area contributed by atoms with Crippen LogP contribution in [0.15, 0.2) is 54.7 Å². The van der Waals surface area contributed by atoms with E-state index in [1.165, 1.54) is 11.1 Å². The van der Waals surface area contributed by atoms with Gasteiger partial charge in [-0.05, 0) is 44.0 Å². The second kappa shape index (κ2) is 7.08. The van der Waals surface area contributed by atoms with Crippen LogP contribution >= 0.6 is 0 Å². The summed E-state index contributed by atoms with van der Waals surface area (Å²) in [7, 11) is 0. The van der Waals surface area contributed by atoms with Crippen molar-refractivity contribution in [2.75, 3.05) is 16.8 Å². The molecule has 5 nitrogen and oxygen atoms in total. The summed E-state index contributed by atoms with van der Waals surface area (Å²) in [5.41, 5.74) is 4.45. The molecule has 0 fully saturated rings. The molecule has 3 rings (SSSR count). The van der Waals surface area contributed by atoms with Crippen molar-refractivity contribution in [2.24, 2.45) is 0 Å². The molecule has 2 aromatic carbocycles. The number of hydrogen-bond acceptors (Lipinski definition) is 5. The van der Waals surface area contributed by atoms with Gasteiger partial charge in [-0.25, -0.2) is 0 Å². The van der Waals surface area contributed by atoms with E-state index in [1.807, 2.05) is 41.3 Å². The molecule has 5 heteroatoms. The Morgan fingerprint density at radius 1 is 0.958 bits per heavy atom. The smallest absolute Gasteiger partial charge is 0.251 e. The van der Waals surface area contributed by atoms with Crippen molar-refractivity contribution >= 4 is 23.1 Å². The highest BCUT2D eigenvalue weighted by molar-refractivity contribution is 5.65. The maximum atomic E-state index is 4.64. The first-order chi connectivity index (χ1) is 11.7. The Hall–Kier alpha value is -2.95. The van der Waals surface area contributed by atoms with E-state index in [1.54, 1.807) is 6.20 Å². The number of nitrogens with one attached hydrogen (secondary N) is 1. The van der Waals surface area contributed by atoms with Crippen LogP contribution < -0.4 is 10.2 Å². The Morgan fingerprint density at radius 3 is 2.33 bits per heavy atom. The molecule has 0 aliphatic heterocycles. The third kappa shape index (κ3) is 3.35. The van der Waals surface area contributed by atoms with Gasteiger partial charge in [0.25, 0.3) is 5.95 Å². The SMILES string of the molecule is CCN(c1ccccc1)c1nncc(Nc2c(C)cccc2C)n1. The van der Waals surface area contributed by atoms with Crippen molar-refractivity contribution in [3.8, 4) is 0 Å². The topological polar surface area (TPSA) is 53.9 Å². The lowest BCUT2D eigenvalue weighted by Gasteiger charge is -2.21. The monoisotopic (exact) mass is 319 g/mol. The average Bonchev–Trinajstić information content (AvgIpc) is 2.60. The van der Waals surface area contributed by atoms with Gasteiger partial charge >= 0.3 is 0 Å². The van der Waals surface area contributed by atoms with Crippen LogP contribution in [0.4, 0.5) is 23.1 Å². The molecule has 24 heavy (non-hydrogen) atoms. The van der Waals surface area contributed by atoms with Crippen LogP contribution in [0.1, 0.15) is 18.1 Å². The molecule has 1 aromatic heterocycles. The zero-order valence-corrected chi connectivity index (χ0v) is 14.2. The van der Waals surface area contributed by atoms with Crippen LogP contribution in [0.2, 0.25) is 0 Å². The number of hydrogen-bond donors (Lipinski definition) is 1. The molecule has 1 N–H and O–H groups in total. The van der Waals surface area contributed by atoms with Crippen LogP contribution in [-0.4, -0.2) is 21.7 Å². The van der Waals surface area contributed by atoms with E-state index in [-0.39, 0.29) is 0 Å². The Kier molecular flexibility index (Phi) is 4.70. The zero-order chi connectivity index (χ0) is 16.9. The normalized spacial score (nSPS) is 10.5. The molecule has 0 unspecified atom stereocenters. The summed E-state index contributed by atoms with van der Waals surface area (Å²) in [5, 5.41) is 11.7. The van der Waals surface area contributed by atoms with Crippen molar-refractivity contribution in [3.05, 3.63) is 65.9 Å². The molecule has 0 saturated heterocycles. The third-order valence-corrected chi connectivity index (χ3v) is 3.91. The van der Waals surface area contributed by atoms with Gasteiger partial charge < -0.3 is 10.2 Å². The van der Waals surface area contributed by atoms with Crippen molar-refractivity contribution in [2.45, 2.75) is 20.8 Å². The number of aryl methyl sites for hydroxylation is 2. The van der Waals surface area contributed by atoms with Crippen molar-refractivity contribution in [3.63, 3.8) is 0 Å². The van der Waals surface area contributed by atoms with Crippen molar-refractivity contribution in [1.82, 2.24) is 15.2 Å². The molecule has 0 atom stereocenters. The van der Waals surface area contributed by atoms with Crippen molar-refractivity contribution in [1.29, 1.82) is 0 Å². The lowest BCUT2D eigenvalue weighted by atomic mass is 10.1. The summed E-state index contributed by atoms with van der Waals surface area (Å²) in [6.45, 7) is 6.99. The van der Waals surface area contributed by atoms with Gasteiger partial charge in [0.15, 0.2) is 5.82 Å². The minimum atomic E-state index is 0.583. The first-order valence-electron chi connectivity index (χ1n) is 8.04. The number of benzene rings is 2. The van der Waals surface area contributed by atoms with Crippen LogP contribution in [-0.2, 0) is 0 Å². The Labute approximate surface area is 142 Å². The number of aromatic nitrogens is 3. The highest BCUT2D eigenvalue weighted by Crippen LogP contribution is 2.25.